The zero-order chi connectivity index (χ0) is 11.3. The maximum Gasteiger partial charge on any atom is 0.269 e. The summed E-state index contributed by atoms with van der Waals surface area (Å²) < 4.78 is 0. The van der Waals surface area contributed by atoms with Gasteiger partial charge >= 0.3 is 0 Å². The molecule has 0 saturated carbocycles. The van der Waals surface area contributed by atoms with E-state index in [2.05, 4.69) is 18.7 Å². The van der Waals surface area contributed by atoms with Crippen LogP contribution in [0.3, 0.4) is 0 Å². The molecule has 0 atom stereocenters. The predicted octanol–water partition coefficient (Wildman–Crippen LogP) is -0.559. The Morgan fingerprint density at radius 3 is 2.06 bits per heavy atom. The predicted molar refractivity (Wildman–Crippen MR) is 59.7 cm³/mol. The van der Waals surface area contributed by atoms with Crippen LogP contribution < -0.4 is 12.4 Å². The van der Waals surface area contributed by atoms with Crippen molar-refractivity contribution in [3.05, 3.63) is 39.9 Å². The zero-order valence-electron chi connectivity index (χ0n) is 9.52. The molecule has 1 rings (SSSR count). The number of non-ortho nitro benzene ring substituents is 1. The average Bonchev–Trinajstić information content (AvgIpc) is 2.26. The van der Waals surface area contributed by atoms with Gasteiger partial charge in [0.25, 0.3) is 5.69 Å². The highest BCUT2D eigenvalue weighted by molar-refractivity contribution is 5.32. The van der Waals surface area contributed by atoms with E-state index in [9.17, 15) is 10.1 Å². The van der Waals surface area contributed by atoms with Crippen molar-refractivity contribution < 1.29 is 17.3 Å². The van der Waals surface area contributed by atoms with E-state index in [0.29, 0.717) is 0 Å². The first-order valence-electron chi connectivity index (χ1n) is 5.13. The summed E-state index contributed by atoms with van der Waals surface area (Å²) >= 11 is 0. The first kappa shape index (κ1) is 14.9. The number of hydrogen-bond acceptors (Lipinski definition) is 3. The number of nitro groups is 1. The van der Waals surface area contributed by atoms with Crippen molar-refractivity contribution in [2.45, 2.75) is 20.4 Å². The summed E-state index contributed by atoms with van der Waals surface area (Å²) in [6.45, 7) is 7.05. The van der Waals surface area contributed by atoms with Gasteiger partial charge < -0.3 is 12.4 Å². The molecule has 1 aromatic rings. The first-order chi connectivity index (χ1) is 7.17. The van der Waals surface area contributed by atoms with Gasteiger partial charge in [0.1, 0.15) is 0 Å². The summed E-state index contributed by atoms with van der Waals surface area (Å²) in [4.78, 5) is 12.3. The normalized spacial score (nSPS) is 9.94. The monoisotopic (exact) mass is 243 g/mol. The van der Waals surface area contributed by atoms with Gasteiger partial charge in [-0.15, -0.1) is 0 Å². The smallest absolute Gasteiger partial charge is 0.269 e. The van der Waals surface area contributed by atoms with Crippen molar-refractivity contribution in [3.63, 3.8) is 0 Å². The third-order valence-corrected chi connectivity index (χ3v) is 2.45. The minimum absolute atomic E-state index is 0. The minimum atomic E-state index is -0.374. The Hall–Kier alpha value is -1.13. The lowest BCUT2D eigenvalue weighted by atomic mass is 10.2. The van der Waals surface area contributed by atoms with Crippen LogP contribution in [0.4, 0.5) is 5.69 Å². The van der Waals surface area contributed by atoms with Crippen molar-refractivity contribution >= 4 is 5.69 Å². The molecule has 0 bridgehead atoms. The molecule has 0 fully saturated rings. The van der Waals surface area contributed by atoms with Crippen LogP contribution in [-0.2, 0) is 6.54 Å². The van der Waals surface area contributed by atoms with Crippen LogP contribution in [-0.4, -0.2) is 22.9 Å². The van der Waals surface area contributed by atoms with Gasteiger partial charge in [-0.2, -0.15) is 0 Å². The van der Waals surface area contributed by atoms with E-state index in [1.54, 1.807) is 12.1 Å². The molecule has 0 spiro atoms. The second-order valence-corrected chi connectivity index (χ2v) is 3.38. The molecule has 0 aliphatic rings. The summed E-state index contributed by atoms with van der Waals surface area (Å²) in [5.41, 5.74) is 1.27. The van der Waals surface area contributed by atoms with E-state index in [1.165, 1.54) is 0 Å². The van der Waals surface area contributed by atoms with Crippen LogP contribution in [0.25, 0.3) is 0 Å². The summed E-state index contributed by atoms with van der Waals surface area (Å²) in [7, 11) is 0. The summed E-state index contributed by atoms with van der Waals surface area (Å²) in [6, 6.07) is 6.74. The van der Waals surface area contributed by atoms with Crippen molar-refractivity contribution in [1.29, 1.82) is 0 Å². The van der Waals surface area contributed by atoms with E-state index in [0.717, 1.165) is 25.2 Å². The molecule has 0 aliphatic heterocycles. The second-order valence-electron chi connectivity index (χ2n) is 3.38. The van der Waals surface area contributed by atoms with E-state index < -0.39 is 0 Å². The van der Waals surface area contributed by atoms with Gasteiger partial charge in [0, 0.05) is 18.7 Å². The third-order valence-electron chi connectivity index (χ3n) is 2.45. The number of nitrogens with zero attached hydrogens (tertiary/aromatic N) is 2. The number of hydrogen-bond donors (Lipinski definition) is 0. The van der Waals surface area contributed by atoms with E-state index >= 15 is 0 Å². The standard InChI is InChI=1S/C11H16N2O2.ClH/c1-3-12(4-2)9-10-5-7-11(8-6-10)13(14)15;/h5-8H,3-4,9H2,1-2H3;1H/p-1. The Balaban J connectivity index is 0.00000225. The summed E-state index contributed by atoms with van der Waals surface area (Å²) in [6.07, 6.45) is 0. The SMILES string of the molecule is CCN(CC)Cc1ccc([N+](=O)[O-])cc1.[Cl-]. The Morgan fingerprint density at radius 1 is 1.19 bits per heavy atom. The molecule has 0 unspecified atom stereocenters. The van der Waals surface area contributed by atoms with Gasteiger partial charge in [-0.3, -0.25) is 15.0 Å². The summed E-state index contributed by atoms with van der Waals surface area (Å²) in [5, 5.41) is 10.4. The number of nitro benzene ring substituents is 1. The van der Waals surface area contributed by atoms with Crippen LogP contribution in [0.15, 0.2) is 24.3 Å². The number of benzene rings is 1. The quantitative estimate of drug-likeness (QED) is 0.515. The number of rotatable bonds is 5. The molecule has 4 nitrogen and oxygen atoms in total. The van der Waals surface area contributed by atoms with Crippen LogP contribution in [0.2, 0.25) is 0 Å². The molecule has 90 valence electrons. The van der Waals surface area contributed by atoms with Gasteiger partial charge in [-0.05, 0) is 18.7 Å². The first-order valence-corrected chi connectivity index (χ1v) is 5.13. The van der Waals surface area contributed by atoms with Gasteiger partial charge in [0.2, 0.25) is 0 Å². The highest BCUT2D eigenvalue weighted by atomic mass is 35.5. The molecule has 0 saturated heterocycles. The lowest BCUT2D eigenvalue weighted by molar-refractivity contribution is -0.384. The molecule has 0 aromatic heterocycles. The van der Waals surface area contributed by atoms with Crippen molar-refractivity contribution in [2.75, 3.05) is 13.1 Å². The van der Waals surface area contributed by atoms with E-state index in [-0.39, 0.29) is 23.0 Å². The average molecular weight is 244 g/mol. The van der Waals surface area contributed by atoms with Crippen LogP contribution >= 0.6 is 0 Å². The van der Waals surface area contributed by atoms with Gasteiger partial charge in [-0.25, -0.2) is 0 Å². The number of halogens is 1. The van der Waals surface area contributed by atoms with Crippen LogP contribution in [0.5, 0.6) is 0 Å². The molecular formula is C11H16ClN2O2-. The lowest BCUT2D eigenvalue weighted by Crippen LogP contribution is -3.00. The van der Waals surface area contributed by atoms with E-state index in [1.807, 2.05) is 12.1 Å². The molecule has 1 aromatic carbocycles. The van der Waals surface area contributed by atoms with Gasteiger partial charge in [0.05, 0.1) is 4.92 Å². The zero-order valence-corrected chi connectivity index (χ0v) is 10.3. The molecule has 0 amide bonds. The maximum atomic E-state index is 10.4. The topological polar surface area (TPSA) is 46.4 Å². The molecule has 16 heavy (non-hydrogen) atoms. The van der Waals surface area contributed by atoms with Crippen molar-refractivity contribution in [1.82, 2.24) is 4.90 Å². The Labute approximate surface area is 102 Å². The molecular weight excluding hydrogens is 228 g/mol. The second kappa shape index (κ2) is 7.19. The van der Waals surface area contributed by atoms with Crippen LogP contribution in [0, 0.1) is 10.1 Å². The fourth-order valence-electron chi connectivity index (χ4n) is 1.43. The summed E-state index contributed by atoms with van der Waals surface area (Å²) in [5.74, 6) is 0. The molecule has 5 heteroatoms. The highest BCUT2D eigenvalue weighted by Crippen LogP contribution is 2.13. The Bertz CT molecular complexity index is 323. The Kier molecular flexibility index (Phi) is 6.69. The highest BCUT2D eigenvalue weighted by Gasteiger charge is 2.05. The largest absolute Gasteiger partial charge is 1.00 e. The van der Waals surface area contributed by atoms with E-state index in [4.69, 9.17) is 0 Å². The lowest BCUT2D eigenvalue weighted by Gasteiger charge is -2.17. The fourth-order valence-corrected chi connectivity index (χ4v) is 1.43. The van der Waals surface area contributed by atoms with Crippen molar-refractivity contribution in [2.24, 2.45) is 0 Å². The fraction of sp³-hybridized carbons (Fsp3) is 0.455. The maximum absolute atomic E-state index is 10.4. The molecule has 0 heterocycles. The minimum Gasteiger partial charge on any atom is -1.00 e. The van der Waals surface area contributed by atoms with Gasteiger partial charge in [0.15, 0.2) is 0 Å². The third kappa shape index (κ3) is 4.16. The van der Waals surface area contributed by atoms with Gasteiger partial charge in [-0.1, -0.05) is 26.0 Å². The molecule has 0 radical (unpaired) electrons. The Morgan fingerprint density at radius 2 is 1.69 bits per heavy atom. The van der Waals surface area contributed by atoms with Crippen molar-refractivity contribution in [3.8, 4) is 0 Å². The van der Waals surface area contributed by atoms with Crippen LogP contribution in [0.1, 0.15) is 19.4 Å². The molecule has 0 aliphatic carbocycles. The molecule has 0 N–H and O–H groups in total.